The predicted molar refractivity (Wildman–Crippen MR) is 62.4 cm³/mol. The van der Waals surface area contributed by atoms with E-state index in [-0.39, 0.29) is 11.9 Å². The van der Waals surface area contributed by atoms with Crippen LogP contribution in [-0.2, 0) is 4.79 Å². The van der Waals surface area contributed by atoms with Crippen molar-refractivity contribution in [2.45, 2.75) is 58.5 Å². The smallest absolute Gasteiger partial charge is 0.236 e. The van der Waals surface area contributed by atoms with Crippen LogP contribution < -0.4 is 11.1 Å². The second-order valence-corrected chi connectivity index (χ2v) is 5.16. The summed E-state index contributed by atoms with van der Waals surface area (Å²) in [6.07, 6.45) is 4.77. The average Bonchev–Trinajstić information content (AvgIpc) is 2.18. The molecule has 88 valence electrons. The monoisotopic (exact) mass is 212 g/mol. The van der Waals surface area contributed by atoms with E-state index < -0.39 is 0 Å². The van der Waals surface area contributed by atoms with E-state index in [2.05, 4.69) is 19.2 Å². The molecule has 1 amide bonds. The molecule has 1 saturated carbocycles. The first-order valence-corrected chi connectivity index (χ1v) is 6.06. The molecule has 1 rings (SSSR count). The Balaban J connectivity index is 2.39. The van der Waals surface area contributed by atoms with Gasteiger partial charge in [0.25, 0.3) is 0 Å². The molecule has 0 spiro atoms. The molecule has 1 aliphatic carbocycles. The zero-order valence-corrected chi connectivity index (χ0v) is 10.1. The largest absolute Gasteiger partial charge is 0.352 e. The van der Waals surface area contributed by atoms with Gasteiger partial charge in [0.2, 0.25) is 5.91 Å². The summed E-state index contributed by atoms with van der Waals surface area (Å²) in [5.74, 6) is 1.47. The number of hydrogen-bond donors (Lipinski definition) is 2. The standard InChI is InChI=1S/C12H24N2O/c1-8(2)10-5-4-6-11(7-10)14-12(15)9(3)13/h8-11H,4-7,13H2,1-3H3,(H,14,15)/t9-,10?,11?/m0/s1. The van der Waals surface area contributed by atoms with E-state index in [4.69, 9.17) is 5.73 Å². The molecular weight excluding hydrogens is 188 g/mol. The summed E-state index contributed by atoms with van der Waals surface area (Å²) >= 11 is 0. The van der Waals surface area contributed by atoms with Gasteiger partial charge in [0.1, 0.15) is 0 Å². The zero-order chi connectivity index (χ0) is 11.4. The number of hydrogen-bond acceptors (Lipinski definition) is 2. The van der Waals surface area contributed by atoms with Crippen LogP contribution in [-0.4, -0.2) is 18.0 Å². The highest BCUT2D eigenvalue weighted by Gasteiger charge is 2.25. The third kappa shape index (κ3) is 3.82. The molecule has 0 aliphatic heterocycles. The number of amides is 1. The molecule has 0 aromatic rings. The molecule has 3 nitrogen and oxygen atoms in total. The van der Waals surface area contributed by atoms with Gasteiger partial charge in [-0.3, -0.25) is 4.79 Å². The molecule has 0 bridgehead atoms. The summed E-state index contributed by atoms with van der Waals surface area (Å²) < 4.78 is 0. The number of rotatable bonds is 3. The fourth-order valence-electron chi connectivity index (χ4n) is 2.30. The number of nitrogens with two attached hydrogens (primary N) is 1. The summed E-state index contributed by atoms with van der Waals surface area (Å²) in [5, 5.41) is 3.04. The van der Waals surface area contributed by atoms with Crippen LogP contribution in [0.3, 0.4) is 0 Å². The third-order valence-electron chi connectivity index (χ3n) is 3.42. The van der Waals surface area contributed by atoms with E-state index in [1.807, 2.05) is 0 Å². The molecule has 3 heteroatoms. The van der Waals surface area contributed by atoms with Gasteiger partial charge in [-0.1, -0.05) is 26.7 Å². The van der Waals surface area contributed by atoms with E-state index in [1.165, 1.54) is 12.8 Å². The van der Waals surface area contributed by atoms with Crippen LogP contribution >= 0.6 is 0 Å². The molecule has 15 heavy (non-hydrogen) atoms. The second kappa shape index (κ2) is 5.50. The lowest BCUT2D eigenvalue weighted by Gasteiger charge is -2.32. The topological polar surface area (TPSA) is 55.1 Å². The molecule has 0 aromatic carbocycles. The Morgan fingerprint density at radius 2 is 2.00 bits per heavy atom. The Hall–Kier alpha value is -0.570. The van der Waals surface area contributed by atoms with Crippen LogP contribution in [0.25, 0.3) is 0 Å². The van der Waals surface area contributed by atoms with Crippen LogP contribution in [0.15, 0.2) is 0 Å². The van der Waals surface area contributed by atoms with Gasteiger partial charge in [-0.05, 0) is 31.6 Å². The molecule has 3 atom stereocenters. The van der Waals surface area contributed by atoms with Gasteiger partial charge < -0.3 is 11.1 Å². The molecule has 0 heterocycles. The second-order valence-electron chi connectivity index (χ2n) is 5.16. The third-order valence-corrected chi connectivity index (χ3v) is 3.42. The minimum atomic E-state index is -0.385. The van der Waals surface area contributed by atoms with Crippen molar-refractivity contribution in [1.82, 2.24) is 5.32 Å². The zero-order valence-electron chi connectivity index (χ0n) is 10.1. The lowest BCUT2D eigenvalue weighted by atomic mass is 9.79. The van der Waals surface area contributed by atoms with Gasteiger partial charge >= 0.3 is 0 Å². The van der Waals surface area contributed by atoms with Crippen LogP contribution in [0, 0.1) is 11.8 Å². The van der Waals surface area contributed by atoms with E-state index in [1.54, 1.807) is 6.92 Å². The molecule has 0 radical (unpaired) electrons. The van der Waals surface area contributed by atoms with Gasteiger partial charge in [0, 0.05) is 6.04 Å². The Kier molecular flexibility index (Phi) is 4.58. The van der Waals surface area contributed by atoms with Crippen molar-refractivity contribution < 1.29 is 4.79 Å². The Bertz CT molecular complexity index is 214. The maximum atomic E-state index is 11.5. The van der Waals surface area contributed by atoms with Crippen molar-refractivity contribution >= 4 is 5.91 Å². The van der Waals surface area contributed by atoms with Crippen molar-refractivity contribution in [2.75, 3.05) is 0 Å². The van der Waals surface area contributed by atoms with Crippen molar-refractivity contribution in [3.05, 3.63) is 0 Å². The lowest BCUT2D eigenvalue weighted by Crippen LogP contribution is -2.45. The van der Waals surface area contributed by atoms with E-state index in [0.29, 0.717) is 6.04 Å². The maximum absolute atomic E-state index is 11.5. The van der Waals surface area contributed by atoms with Crippen LogP contribution in [0.5, 0.6) is 0 Å². The van der Waals surface area contributed by atoms with Gasteiger partial charge in [0.05, 0.1) is 6.04 Å². The van der Waals surface area contributed by atoms with Crippen molar-refractivity contribution in [3.63, 3.8) is 0 Å². The van der Waals surface area contributed by atoms with Crippen molar-refractivity contribution in [1.29, 1.82) is 0 Å². The predicted octanol–water partition coefficient (Wildman–Crippen LogP) is 1.66. The molecule has 1 fully saturated rings. The van der Waals surface area contributed by atoms with E-state index >= 15 is 0 Å². The highest BCUT2D eigenvalue weighted by Crippen LogP contribution is 2.29. The molecule has 3 N–H and O–H groups in total. The summed E-state index contributed by atoms with van der Waals surface area (Å²) in [4.78, 5) is 11.5. The first-order chi connectivity index (χ1) is 7.00. The normalized spacial score (nSPS) is 28.9. The summed E-state index contributed by atoms with van der Waals surface area (Å²) in [5.41, 5.74) is 5.54. The van der Waals surface area contributed by atoms with Crippen LogP contribution in [0.1, 0.15) is 46.5 Å². The van der Waals surface area contributed by atoms with Gasteiger partial charge in [0.15, 0.2) is 0 Å². The minimum absolute atomic E-state index is 0.00981. The van der Waals surface area contributed by atoms with Crippen molar-refractivity contribution in [3.8, 4) is 0 Å². The van der Waals surface area contributed by atoms with Crippen molar-refractivity contribution in [2.24, 2.45) is 17.6 Å². The molecule has 0 saturated heterocycles. The highest BCUT2D eigenvalue weighted by molar-refractivity contribution is 5.81. The van der Waals surface area contributed by atoms with E-state index in [9.17, 15) is 4.79 Å². The SMILES string of the molecule is CC(C)C1CCCC(NC(=O)[C@H](C)N)C1. The van der Waals surface area contributed by atoms with Gasteiger partial charge in [-0.25, -0.2) is 0 Å². The maximum Gasteiger partial charge on any atom is 0.236 e. The quantitative estimate of drug-likeness (QED) is 0.747. The molecule has 1 aliphatic rings. The fraction of sp³-hybridized carbons (Fsp3) is 0.917. The summed E-state index contributed by atoms with van der Waals surface area (Å²) in [7, 11) is 0. The molecular formula is C12H24N2O. The molecule has 2 unspecified atom stereocenters. The number of carbonyl (C=O) groups is 1. The lowest BCUT2D eigenvalue weighted by molar-refractivity contribution is -0.123. The summed E-state index contributed by atoms with van der Waals surface area (Å²) in [6, 6.07) is -0.0333. The van der Waals surface area contributed by atoms with Crippen LogP contribution in [0.4, 0.5) is 0 Å². The van der Waals surface area contributed by atoms with Crippen LogP contribution in [0.2, 0.25) is 0 Å². The Morgan fingerprint density at radius 1 is 1.33 bits per heavy atom. The van der Waals surface area contributed by atoms with Gasteiger partial charge in [-0.2, -0.15) is 0 Å². The average molecular weight is 212 g/mol. The summed E-state index contributed by atoms with van der Waals surface area (Å²) in [6.45, 7) is 6.26. The number of nitrogens with one attached hydrogen (secondary N) is 1. The Labute approximate surface area is 92.8 Å². The minimum Gasteiger partial charge on any atom is -0.352 e. The Morgan fingerprint density at radius 3 is 2.53 bits per heavy atom. The highest BCUT2D eigenvalue weighted by atomic mass is 16.2. The first-order valence-electron chi connectivity index (χ1n) is 6.06. The first kappa shape index (κ1) is 12.5. The number of carbonyl (C=O) groups excluding carboxylic acids is 1. The fourth-order valence-corrected chi connectivity index (χ4v) is 2.30. The molecule has 0 aromatic heterocycles. The van der Waals surface area contributed by atoms with Gasteiger partial charge in [-0.15, -0.1) is 0 Å². The van der Waals surface area contributed by atoms with E-state index in [0.717, 1.165) is 24.7 Å².